The van der Waals surface area contributed by atoms with Gasteiger partial charge in [-0.25, -0.2) is 4.79 Å². The largest absolute Gasteiger partial charge is 0.377 e. The van der Waals surface area contributed by atoms with Crippen LogP contribution in [0.15, 0.2) is 12.2 Å². The Bertz CT molecular complexity index is 364. The lowest BCUT2D eigenvalue weighted by Crippen LogP contribution is -2.40. The van der Waals surface area contributed by atoms with E-state index >= 15 is 0 Å². The molecule has 0 aromatic rings. The van der Waals surface area contributed by atoms with E-state index < -0.39 is 0 Å². The van der Waals surface area contributed by atoms with E-state index in [1.165, 1.54) is 0 Å². The fourth-order valence-corrected chi connectivity index (χ4v) is 3.51. The summed E-state index contributed by atoms with van der Waals surface area (Å²) in [7, 11) is 0. The first kappa shape index (κ1) is 14.9. The predicted octanol–water partition coefficient (Wildman–Crippen LogP) is 1.79. The highest BCUT2D eigenvalue weighted by Crippen LogP contribution is 2.32. The van der Waals surface area contributed by atoms with Crippen molar-refractivity contribution in [3.8, 4) is 0 Å². The number of rotatable bonds is 5. The lowest BCUT2D eigenvalue weighted by molar-refractivity contribution is 0.0186. The molecule has 1 N–H and O–H groups in total. The number of hydrogen-bond donors (Lipinski definition) is 1. The van der Waals surface area contributed by atoms with Crippen LogP contribution < -0.4 is 5.32 Å². The minimum atomic E-state index is 0.0603. The first-order valence-electron chi connectivity index (χ1n) is 8.20. The van der Waals surface area contributed by atoms with Crippen LogP contribution in [-0.2, 0) is 9.47 Å². The highest BCUT2D eigenvalue weighted by Gasteiger charge is 2.34. The van der Waals surface area contributed by atoms with Gasteiger partial charge in [0.2, 0.25) is 0 Å². The second kappa shape index (κ2) is 7.27. The molecule has 2 fully saturated rings. The van der Waals surface area contributed by atoms with Crippen LogP contribution >= 0.6 is 0 Å². The molecule has 5 heteroatoms. The molecule has 3 rings (SSSR count). The van der Waals surface area contributed by atoms with E-state index in [4.69, 9.17) is 9.47 Å². The summed E-state index contributed by atoms with van der Waals surface area (Å²) < 4.78 is 11.0. The van der Waals surface area contributed by atoms with Gasteiger partial charge in [-0.1, -0.05) is 12.2 Å². The average Bonchev–Trinajstić information content (AvgIpc) is 3.15. The van der Waals surface area contributed by atoms with Crippen LogP contribution in [0.1, 0.15) is 25.7 Å². The Labute approximate surface area is 126 Å². The van der Waals surface area contributed by atoms with Gasteiger partial charge in [0.15, 0.2) is 0 Å². The third kappa shape index (κ3) is 3.98. The standard InChI is InChI=1S/C16H26N2O3/c19-16(17-7-9-20-12-15-6-3-8-21-15)18-10-13-4-1-2-5-14(13)11-18/h1-2,13-15H,3-12H2,(H,17,19)/t13-,14-,15+/m1/s1. The molecule has 21 heavy (non-hydrogen) atoms. The quantitative estimate of drug-likeness (QED) is 0.621. The summed E-state index contributed by atoms with van der Waals surface area (Å²) in [6.45, 7) is 4.45. The van der Waals surface area contributed by atoms with E-state index in [2.05, 4.69) is 17.5 Å². The van der Waals surface area contributed by atoms with Crippen molar-refractivity contribution in [1.29, 1.82) is 0 Å². The SMILES string of the molecule is O=C(NCCOC[C@@H]1CCCO1)N1C[C@H]2CC=CC[C@@H]2C1. The van der Waals surface area contributed by atoms with Crippen molar-refractivity contribution in [3.05, 3.63) is 12.2 Å². The van der Waals surface area contributed by atoms with Crippen molar-refractivity contribution in [3.63, 3.8) is 0 Å². The Morgan fingerprint density at radius 1 is 1.29 bits per heavy atom. The summed E-state index contributed by atoms with van der Waals surface area (Å²) in [5.74, 6) is 1.33. The molecule has 1 aliphatic carbocycles. The van der Waals surface area contributed by atoms with Gasteiger partial charge >= 0.3 is 6.03 Å². The minimum Gasteiger partial charge on any atom is -0.377 e. The number of likely N-dealkylation sites (tertiary alicyclic amines) is 1. The second-order valence-corrected chi connectivity index (χ2v) is 6.31. The lowest BCUT2D eigenvalue weighted by Gasteiger charge is -2.17. The fourth-order valence-electron chi connectivity index (χ4n) is 3.51. The van der Waals surface area contributed by atoms with Crippen LogP contribution in [-0.4, -0.2) is 56.5 Å². The summed E-state index contributed by atoms with van der Waals surface area (Å²) in [5.41, 5.74) is 0. The Kier molecular flexibility index (Phi) is 5.14. The molecule has 5 nitrogen and oxygen atoms in total. The van der Waals surface area contributed by atoms with Gasteiger partial charge in [0.25, 0.3) is 0 Å². The number of nitrogens with one attached hydrogen (secondary N) is 1. The maximum Gasteiger partial charge on any atom is 0.317 e. The van der Waals surface area contributed by atoms with E-state index in [1.807, 2.05) is 4.90 Å². The van der Waals surface area contributed by atoms with Crippen molar-refractivity contribution in [1.82, 2.24) is 10.2 Å². The normalized spacial score (nSPS) is 31.4. The van der Waals surface area contributed by atoms with Crippen molar-refractivity contribution in [2.45, 2.75) is 31.8 Å². The number of carbonyl (C=O) groups excluding carboxylic acids is 1. The second-order valence-electron chi connectivity index (χ2n) is 6.31. The highest BCUT2D eigenvalue weighted by molar-refractivity contribution is 5.74. The fraction of sp³-hybridized carbons (Fsp3) is 0.812. The molecule has 2 amide bonds. The zero-order chi connectivity index (χ0) is 14.5. The lowest BCUT2D eigenvalue weighted by atomic mass is 9.86. The Hall–Kier alpha value is -1.07. The molecular formula is C16H26N2O3. The number of fused-ring (bicyclic) bond motifs is 1. The molecule has 0 aromatic carbocycles. The van der Waals surface area contributed by atoms with Gasteiger partial charge in [-0.05, 0) is 37.5 Å². The summed E-state index contributed by atoms with van der Waals surface area (Å²) in [4.78, 5) is 14.1. The van der Waals surface area contributed by atoms with E-state index in [-0.39, 0.29) is 12.1 Å². The molecule has 0 radical (unpaired) electrons. The van der Waals surface area contributed by atoms with Gasteiger partial charge in [0, 0.05) is 26.2 Å². The van der Waals surface area contributed by atoms with Crippen LogP contribution in [0.3, 0.4) is 0 Å². The summed E-state index contributed by atoms with van der Waals surface area (Å²) in [5, 5.41) is 2.96. The summed E-state index contributed by atoms with van der Waals surface area (Å²) >= 11 is 0. The van der Waals surface area contributed by atoms with E-state index in [0.717, 1.165) is 45.4 Å². The zero-order valence-electron chi connectivity index (χ0n) is 12.6. The molecule has 0 aromatic heterocycles. The van der Waals surface area contributed by atoms with Gasteiger partial charge in [-0.15, -0.1) is 0 Å². The van der Waals surface area contributed by atoms with Crippen molar-refractivity contribution in [2.75, 3.05) is 39.5 Å². The molecule has 0 bridgehead atoms. The summed E-state index contributed by atoms with van der Waals surface area (Å²) in [6, 6.07) is 0.0603. The molecule has 3 atom stereocenters. The van der Waals surface area contributed by atoms with Gasteiger partial charge in [0.1, 0.15) is 0 Å². The Morgan fingerprint density at radius 2 is 2.05 bits per heavy atom. The van der Waals surface area contributed by atoms with Gasteiger partial charge in [0.05, 0.1) is 19.3 Å². The van der Waals surface area contributed by atoms with Crippen LogP contribution in [0, 0.1) is 11.8 Å². The molecule has 0 spiro atoms. The molecule has 2 aliphatic heterocycles. The third-order valence-electron chi connectivity index (χ3n) is 4.76. The maximum atomic E-state index is 12.1. The number of urea groups is 1. The average molecular weight is 294 g/mol. The molecule has 2 heterocycles. The maximum absolute atomic E-state index is 12.1. The molecule has 3 aliphatic rings. The number of ether oxygens (including phenoxy) is 2. The minimum absolute atomic E-state index is 0.0603. The van der Waals surface area contributed by atoms with Crippen LogP contribution in [0.4, 0.5) is 4.79 Å². The van der Waals surface area contributed by atoms with Gasteiger partial charge in [-0.2, -0.15) is 0 Å². The number of amides is 2. The molecule has 0 saturated carbocycles. The monoisotopic (exact) mass is 294 g/mol. The number of hydrogen-bond acceptors (Lipinski definition) is 3. The van der Waals surface area contributed by atoms with Crippen LogP contribution in [0.25, 0.3) is 0 Å². The first-order valence-corrected chi connectivity index (χ1v) is 8.20. The van der Waals surface area contributed by atoms with Gasteiger partial charge < -0.3 is 19.7 Å². The Balaban J connectivity index is 1.28. The van der Waals surface area contributed by atoms with E-state index in [0.29, 0.717) is 31.6 Å². The van der Waals surface area contributed by atoms with Crippen LogP contribution in [0.2, 0.25) is 0 Å². The van der Waals surface area contributed by atoms with E-state index in [9.17, 15) is 4.79 Å². The number of nitrogens with zero attached hydrogens (tertiary/aromatic N) is 1. The van der Waals surface area contributed by atoms with Crippen LogP contribution in [0.5, 0.6) is 0 Å². The van der Waals surface area contributed by atoms with Crippen molar-refractivity contribution >= 4 is 6.03 Å². The first-order chi connectivity index (χ1) is 10.3. The smallest absolute Gasteiger partial charge is 0.317 e. The zero-order valence-corrected chi connectivity index (χ0v) is 12.6. The highest BCUT2D eigenvalue weighted by atomic mass is 16.5. The summed E-state index contributed by atoms with van der Waals surface area (Å²) in [6.07, 6.45) is 9.24. The van der Waals surface area contributed by atoms with Gasteiger partial charge in [-0.3, -0.25) is 0 Å². The van der Waals surface area contributed by atoms with E-state index in [1.54, 1.807) is 0 Å². The van der Waals surface area contributed by atoms with Crippen molar-refractivity contribution < 1.29 is 14.3 Å². The molecule has 118 valence electrons. The predicted molar refractivity (Wildman–Crippen MR) is 80.1 cm³/mol. The third-order valence-corrected chi connectivity index (χ3v) is 4.76. The molecule has 0 unspecified atom stereocenters. The molecule has 2 saturated heterocycles. The topological polar surface area (TPSA) is 50.8 Å². The van der Waals surface area contributed by atoms with Crippen molar-refractivity contribution in [2.24, 2.45) is 11.8 Å². The number of carbonyl (C=O) groups is 1. The molecular weight excluding hydrogens is 268 g/mol. The Morgan fingerprint density at radius 3 is 2.71 bits per heavy atom. The number of allylic oxidation sites excluding steroid dienone is 2.